The summed E-state index contributed by atoms with van der Waals surface area (Å²) in [6.07, 6.45) is 1.45. The molecule has 1 aliphatic heterocycles. The van der Waals surface area contributed by atoms with Crippen molar-refractivity contribution >= 4 is 30.0 Å². The molecule has 0 saturated carbocycles. The summed E-state index contributed by atoms with van der Waals surface area (Å²) in [6, 6.07) is 7.00. The molecular weight excluding hydrogens is 348 g/mol. The van der Waals surface area contributed by atoms with Crippen LogP contribution in [0, 0.1) is 5.41 Å². The summed E-state index contributed by atoms with van der Waals surface area (Å²) >= 11 is 0. The van der Waals surface area contributed by atoms with E-state index in [0.29, 0.717) is 44.0 Å². The van der Waals surface area contributed by atoms with Gasteiger partial charge in [-0.1, -0.05) is 0 Å². The van der Waals surface area contributed by atoms with E-state index in [1.165, 1.54) is 7.11 Å². The Bertz CT molecular complexity index is 559. The maximum atomic E-state index is 12.6. The molecule has 0 aliphatic carbocycles. The number of carbonyl (C=O) groups excluding carboxylic acids is 2. The molecule has 3 N–H and O–H groups in total. The maximum Gasteiger partial charge on any atom is 0.308 e. The lowest BCUT2D eigenvalue weighted by molar-refractivity contribution is -0.141. The fourth-order valence-corrected chi connectivity index (χ4v) is 2.54. The molecule has 0 radical (unpaired) electrons. The van der Waals surface area contributed by atoms with Gasteiger partial charge in [0.2, 0.25) is 5.91 Å². The van der Waals surface area contributed by atoms with E-state index in [1.807, 2.05) is 0 Å². The Morgan fingerprint density at radius 3 is 2.44 bits per heavy atom. The van der Waals surface area contributed by atoms with Crippen LogP contribution in [0.5, 0.6) is 5.75 Å². The van der Waals surface area contributed by atoms with Crippen LogP contribution in [-0.4, -0.2) is 45.4 Å². The number of nitrogens with two attached hydrogens (primary N) is 1. The highest BCUT2D eigenvalue weighted by Gasteiger charge is 2.38. The number of rotatable bonds is 7. The first kappa shape index (κ1) is 21.2. The fraction of sp³-hybridized carbons (Fsp3) is 0.529. The monoisotopic (exact) mass is 372 g/mol. The van der Waals surface area contributed by atoms with Crippen molar-refractivity contribution in [1.82, 2.24) is 0 Å². The maximum absolute atomic E-state index is 12.6. The largest absolute Gasteiger partial charge is 0.493 e. The minimum atomic E-state index is -0.562. The molecule has 0 atom stereocenters. The molecule has 1 aliphatic rings. The number of anilines is 1. The predicted octanol–water partition coefficient (Wildman–Crippen LogP) is 1.74. The number of nitrogens with one attached hydrogen (secondary N) is 1. The topological polar surface area (TPSA) is 99.9 Å². The smallest absolute Gasteiger partial charge is 0.308 e. The Morgan fingerprint density at radius 1 is 1.24 bits per heavy atom. The van der Waals surface area contributed by atoms with Crippen molar-refractivity contribution in [2.24, 2.45) is 11.1 Å². The van der Waals surface area contributed by atoms with E-state index >= 15 is 0 Å². The number of methoxy groups -OCH3 is 1. The molecule has 1 fully saturated rings. The zero-order valence-corrected chi connectivity index (χ0v) is 15.1. The van der Waals surface area contributed by atoms with Crippen LogP contribution in [0.4, 0.5) is 5.69 Å². The standard InChI is InChI=1S/C17H24N2O5.ClH/c1-22-15(20)6-9-24-14-4-2-13(3-5-14)19-16(21)17(12-18)7-10-23-11-8-17;/h2-5H,6-12,18H2,1H3,(H,19,21);1H. The number of carbonyl (C=O) groups is 2. The normalized spacial score (nSPS) is 15.6. The minimum absolute atomic E-state index is 0. The Labute approximate surface area is 153 Å². The summed E-state index contributed by atoms with van der Waals surface area (Å²) in [6.45, 7) is 1.65. The van der Waals surface area contributed by atoms with Crippen LogP contribution in [0.25, 0.3) is 0 Å². The van der Waals surface area contributed by atoms with E-state index in [9.17, 15) is 9.59 Å². The van der Waals surface area contributed by atoms with Crippen molar-refractivity contribution in [3.8, 4) is 5.75 Å². The quantitative estimate of drug-likeness (QED) is 0.707. The highest BCUT2D eigenvalue weighted by molar-refractivity contribution is 5.95. The highest BCUT2D eigenvalue weighted by Crippen LogP contribution is 2.31. The fourth-order valence-electron chi connectivity index (χ4n) is 2.54. The van der Waals surface area contributed by atoms with E-state index < -0.39 is 5.41 Å². The molecule has 2 rings (SSSR count). The van der Waals surface area contributed by atoms with Gasteiger partial charge in [-0.3, -0.25) is 9.59 Å². The van der Waals surface area contributed by atoms with Crippen LogP contribution in [0.1, 0.15) is 19.3 Å². The molecule has 8 heteroatoms. The van der Waals surface area contributed by atoms with Crippen LogP contribution in [-0.2, 0) is 19.1 Å². The summed E-state index contributed by atoms with van der Waals surface area (Å²) < 4.78 is 15.3. The molecule has 1 aromatic rings. The predicted molar refractivity (Wildman–Crippen MR) is 96.0 cm³/mol. The van der Waals surface area contributed by atoms with Crippen LogP contribution in [0.2, 0.25) is 0 Å². The number of halogens is 1. The van der Waals surface area contributed by atoms with Crippen LogP contribution >= 0.6 is 12.4 Å². The highest BCUT2D eigenvalue weighted by atomic mass is 35.5. The lowest BCUT2D eigenvalue weighted by Gasteiger charge is -2.34. The van der Waals surface area contributed by atoms with E-state index in [1.54, 1.807) is 24.3 Å². The van der Waals surface area contributed by atoms with Gasteiger partial charge in [-0.2, -0.15) is 0 Å². The number of esters is 1. The second-order valence-electron chi connectivity index (χ2n) is 5.75. The van der Waals surface area contributed by atoms with Gasteiger partial charge in [-0.15, -0.1) is 12.4 Å². The first-order valence-corrected chi connectivity index (χ1v) is 7.98. The van der Waals surface area contributed by atoms with Gasteiger partial charge in [-0.05, 0) is 37.1 Å². The molecular formula is C17H25ClN2O5. The van der Waals surface area contributed by atoms with Gasteiger partial charge in [0.15, 0.2) is 0 Å². The molecule has 1 amide bonds. The van der Waals surface area contributed by atoms with Gasteiger partial charge in [0, 0.05) is 25.4 Å². The van der Waals surface area contributed by atoms with Gasteiger partial charge in [0.25, 0.3) is 0 Å². The summed E-state index contributed by atoms with van der Waals surface area (Å²) in [5.41, 5.74) is 5.95. The third-order valence-corrected chi connectivity index (χ3v) is 4.24. The third kappa shape index (κ3) is 5.88. The molecule has 25 heavy (non-hydrogen) atoms. The molecule has 140 valence electrons. The molecule has 1 heterocycles. The number of ether oxygens (including phenoxy) is 3. The van der Waals surface area contributed by atoms with Crippen molar-refractivity contribution in [2.45, 2.75) is 19.3 Å². The molecule has 1 aromatic carbocycles. The third-order valence-electron chi connectivity index (χ3n) is 4.24. The van der Waals surface area contributed by atoms with Crippen molar-refractivity contribution in [3.05, 3.63) is 24.3 Å². The Hall–Kier alpha value is -1.83. The van der Waals surface area contributed by atoms with E-state index in [4.69, 9.17) is 15.2 Å². The number of amides is 1. The van der Waals surface area contributed by atoms with Crippen molar-refractivity contribution in [2.75, 3.05) is 38.8 Å². The first-order valence-electron chi connectivity index (χ1n) is 7.98. The van der Waals surface area contributed by atoms with Gasteiger partial charge in [0.1, 0.15) is 5.75 Å². The Kier molecular flexibility index (Phi) is 8.68. The summed E-state index contributed by atoms with van der Waals surface area (Å²) in [7, 11) is 1.34. The Balaban J connectivity index is 0.00000312. The van der Waals surface area contributed by atoms with Crippen molar-refractivity contribution in [3.63, 3.8) is 0 Å². The molecule has 1 saturated heterocycles. The average Bonchev–Trinajstić information content (AvgIpc) is 2.63. The van der Waals surface area contributed by atoms with E-state index in [-0.39, 0.29) is 37.3 Å². The van der Waals surface area contributed by atoms with Crippen molar-refractivity contribution in [1.29, 1.82) is 0 Å². The summed E-state index contributed by atoms with van der Waals surface area (Å²) in [5, 5.41) is 2.91. The number of hydrogen-bond donors (Lipinski definition) is 2. The van der Waals surface area contributed by atoms with E-state index in [0.717, 1.165) is 0 Å². The number of benzene rings is 1. The zero-order chi connectivity index (χ0) is 17.4. The average molecular weight is 373 g/mol. The first-order chi connectivity index (χ1) is 11.6. The lowest BCUT2D eigenvalue weighted by Crippen LogP contribution is -2.46. The van der Waals surface area contributed by atoms with Crippen LogP contribution < -0.4 is 15.8 Å². The molecule has 0 aromatic heterocycles. The lowest BCUT2D eigenvalue weighted by atomic mass is 9.79. The minimum Gasteiger partial charge on any atom is -0.493 e. The molecule has 7 nitrogen and oxygen atoms in total. The van der Waals surface area contributed by atoms with Crippen LogP contribution in [0.3, 0.4) is 0 Å². The molecule has 0 bridgehead atoms. The SMILES string of the molecule is COC(=O)CCOc1ccc(NC(=O)C2(CN)CCOCC2)cc1.Cl. The summed E-state index contributed by atoms with van der Waals surface area (Å²) in [5.74, 6) is 0.228. The second kappa shape index (κ2) is 10.2. The zero-order valence-electron chi connectivity index (χ0n) is 14.3. The number of hydrogen-bond acceptors (Lipinski definition) is 6. The van der Waals surface area contributed by atoms with Gasteiger partial charge in [0.05, 0.1) is 25.6 Å². The van der Waals surface area contributed by atoms with Gasteiger partial charge in [-0.25, -0.2) is 0 Å². The van der Waals surface area contributed by atoms with Gasteiger partial charge >= 0.3 is 5.97 Å². The van der Waals surface area contributed by atoms with Gasteiger partial charge < -0.3 is 25.3 Å². The van der Waals surface area contributed by atoms with Crippen molar-refractivity contribution < 1.29 is 23.8 Å². The summed E-state index contributed by atoms with van der Waals surface area (Å²) in [4.78, 5) is 23.6. The second-order valence-corrected chi connectivity index (χ2v) is 5.75. The molecule has 0 unspecified atom stereocenters. The van der Waals surface area contributed by atoms with Crippen LogP contribution in [0.15, 0.2) is 24.3 Å². The van der Waals surface area contributed by atoms with E-state index in [2.05, 4.69) is 10.1 Å². The Morgan fingerprint density at radius 2 is 1.88 bits per heavy atom. The molecule has 0 spiro atoms.